The summed E-state index contributed by atoms with van der Waals surface area (Å²) in [4.78, 5) is 13.1. The minimum absolute atomic E-state index is 0.0821. The summed E-state index contributed by atoms with van der Waals surface area (Å²) in [6, 6.07) is 11.2. The van der Waals surface area contributed by atoms with Crippen LogP contribution in [0.1, 0.15) is 38.8 Å². The Labute approximate surface area is 205 Å². The van der Waals surface area contributed by atoms with Crippen molar-refractivity contribution in [2.45, 2.75) is 33.9 Å². The third-order valence-corrected chi connectivity index (χ3v) is 5.92. The Bertz CT molecular complexity index is 1370. The van der Waals surface area contributed by atoms with E-state index >= 15 is 0 Å². The molecule has 0 unspecified atom stereocenters. The molecule has 2 heterocycles. The number of halogens is 3. The Hall–Kier alpha value is -3.36. The van der Waals surface area contributed by atoms with Gasteiger partial charge in [0.1, 0.15) is 23.9 Å². The largest absolute Gasteiger partial charge is 0.489 e. The van der Waals surface area contributed by atoms with Gasteiger partial charge in [-0.05, 0) is 56.7 Å². The fraction of sp³-hybridized carbons (Fsp3) is 0.208. The molecular formula is C24H21Cl2FN4O3. The van der Waals surface area contributed by atoms with Crippen LogP contribution in [-0.4, -0.2) is 20.8 Å². The Kier molecular flexibility index (Phi) is 6.90. The molecular weight excluding hydrogens is 482 g/mol. The Balaban J connectivity index is 1.52. The van der Waals surface area contributed by atoms with Gasteiger partial charge in [0.15, 0.2) is 5.69 Å². The van der Waals surface area contributed by atoms with Gasteiger partial charge in [0.2, 0.25) is 0 Å². The molecule has 0 saturated heterocycles. The van der Waals surface area contributed by atoms with E-state index in [1.807, 2.05) is 6.92 Å². The molecule has 0 atom stereocenters. The smallest absolute Gasteiger partial charge is 0.278 e. The molecule has 0 saturated carbocycles. The molecule has 0 aliphatic heterocycles. The number of carbonyl (C=O) groups excluding carboxylic acids is 1. The van der Waals surface area contributed by atoms with Crippen LogP contribution in [0.15, 0.2) is 47.0 Å². The molecule has 176 valence electrons. The highest BCUT2D eigenvalue weighted by Crippen LogP contribution is 2.25. The molecule has 0 aliphatic carbocycles. The standard InChI is InChI=1S/C24H21Cl2FN4O3/c1-13-22(14(2)31(29-13)11-16-7-8-18(27)10-21(16)26)28-24(32)23-20(15(3)34-30-23)12-33-19-6-4-5-17(25)9-19/h4-10H,11-12H2,1-3H3,(H,28,32). The number of rotatable bonds is 7. The molecule has 2 aromatic carbocycles. The van der Waals surface area contributed by atoms with Crippen molar-refractivity contribution in [3.05, 3.63) is 92.3 Å². The SMILES string of the molecule is Cc1nn(Cc2ccc(F)cc2Cl)c(C)c1NC(=O)c1noc(C)c1COc1cccc(Cl)c1. The third kappa shape index (κ3) is 5.08. The molecule has 0 bridgehead atoms. The lowest BCUT2D eigenvalue weighted by Crippen LogP contribution is -2.16. The van der Waals surface area contributed by atoms with E-state index in [0.29, 0.717) is 56.3 Å². The van der Waals surface area contributed by atoms with E-state index in [0.717, 1.165) is 0 Å². The summed E-state index contributed by atoms with van der Waals surface area (Å²) in [5, 5.41) is 12.1. The van der Waals surface area contributed by atoms with Gasteiger partial charge >= 0.3 is 0 Å². The zero-order valence-electron chi connectivity index (χ0n) is 18.7. The normalized spacial score (nSPS) is 11.0. The molecule has 7 nitrogen and oxygen atoms in total. The highest BCUT2D eigenvalue weighted by molar-refractivity contribution is 6.31. The molecule has 4 aromatic rings. The summed E-state index contributed by atoms with van der Waals surface area (Å²) in [5.74, 6) is 0.175. The van der Waals surface area contributed by atoms with Crippen molar-refractivity contribution < 1.29 is 18.4 Å². The number of amides is 1. The molecule has 0 spiro atoms. The van der Waals surface area contributed by atoms with Crippen molar-refractivity contribution in [2.75, 3.05) is 5.32 Å². The van der Waals surface area contributed by atoms with Crippen molar-refractivity contribution in [1.29, 1.82) is 0 Å². The number of carbonyl (C=O) groups is 1. The van der Waals surface area contributed by atoms with E-state index in [4.69, 9.17) is 32.5 Å². The quantitative estimate of drug-likeness (QED) is 0.329. The minimum Gasteiger partial charge on any atom is -0.489 e. The van der Waals surface area contributed by atoms with Crippen molar-refractivity contribution >= 4 is 34.8 Å². The molecule has 0 radical (unpaired) electrons. The molecule has 10 heteroatoms. The number of hydrogen-bond donors (Lipinski definition) is 1. The Morgan fingerprint density at radius 3 is 2.71 bits per heavy atom. The first kappa shape index (κ1) is 23.8. The van der Waals surface area contributed by atoms with E-state index in [1.54, 1.807) is 48.9 Å². The average molecular weight is 503 g/mol. The average Bonchev–Trinajstić information content (AvgIpc) is 3.28. The fourth-order valence-corrected chi connectivity index (χ4v) is 3.87. The molecule has 0 fully saturated rings. The molecule has 34 heavy (non-hydrogen) atoms. The van der Waals surface area contributed by atoms with E-state index in [1.165, 1.54) is 12.1 Å². The van der Waals surface area contributed by atoms with Crippen LogP contribution >= 0.6 is 23.2 Å². The van der Waals surface area contributed by atoms with Crippen LogP contribution in [0.3, 0.4) is 0 Å². The van der Waals surface area contributed by atoms with E-state index in [-0.39, 0.29) is 12.3 Å². The van der Waals surface area contributed by atoms with E-state index < -0.39 is 11.7 Å². The molecule has 1 amide bonds. The lowest BCUT2D eigenvalue weighted by Gasteiger charge is -2.09. The third-order valence-electron chi connectivity index (χ3n) is 5.33. The molecule has 1 N–H and O–H groups in total. The first-order valence-corrected chi connectivity index (χ1v) is 11.1. The minimum atomic E-state index is -0.452. The van der Waals surface area contributed by atoms with Crippen molar-refractivity contribution in [1.82, 2.24) is 14.9 Å². The van der Waals surface area contributed by atoms with Crippen LogP contribution in [0.25, 0.3) is 0 Å². The predicted molar refractivity (Wildman–Crippen MR) is 127 cm³/mol. The van der Waals surface area contributed by atoms with Crippen molar-refractivity contribution in [3.63, 3.8) is 0 Å². The first-order valence-electron chi connectivity index (χ1n) is 10.4. The summed E-state index contributed by atoms with van der Waals surface area (Å²) in [5.41, 5.74) is 3.22. The number of anilines is 1. The molecule has 0 aliphatic rings. The lowest BCUT2D eigenvalue weighted by atomic mass is 10.2. The van der Waals surface area contributed by atoms with E-state index in [2.05, 4.69) is 15.6 Å². The molecule has 4 rings (SSSR count). The van der Waals surface area contributed by atoms with Crippen LogP contribution in [0.2, 0.25) is 10.0 Å². The van der Waals surface area contributed by atoms with Crippen LogP contribution < -0.4 is 10.1 Å². The van der Waals surface area contributed by atoms with Gasteiger partial charge in [0.25, 0.3) is 5.91 Å². The second-order valence-electron chi connectivity index (χ2n) is 7.71. The number of nitrogens with one attached hydrogen (secondary N) is 1. The second-order valence-corrected chi connectivity index (χ2v) is 8.55. The van der Waals surface area contributed by atoms with Crippen LogP contribution in [0, 0.1) is 26.6 Å². The summed E-state index contributed by atoms with van der Waals surface area (Å²) in [6.45, 7) is 5.72. The number of aromatic nitrogens is 3. The lowest BCUT2D eigenvalue weighted by molar-refractivity contribution is 0.101. The zero-order chi connectivity index (χ0) is 24.4. The maximum absolute atomic E-state index is 13.4. The van der Waals surface area contributed by atoms with Crippen LogP contribution in [0.4, 0.5) is 10.1 Å². The number of ether oxygens (including phenoxy) is 1. The predicted octanol–water partition coefficient (Wildman–Crippen LogP) is 6.12. The highest BCUT2D eigenvalue weighted by Gasteiger charge is 2.23. The summed E-state index contributed by atoms with van der Waals surface area (Å²) in [6.07, 6.45) is 0. The summed E-state index contributed by atoms with van der Waals surface area (Å²) < 4.78 is 26.1. The topological polar surface area (TPSA) is 82.2 Å². The fourth-order valence-electron chi connectivity index (χ4n) is 3.47. The summed E-state index contributed by atoms with van der Waals surface area (Å²) >= 11 is 12.2. The Morgan fingerprint density at radius 2 is 1.97 bits per heavy atom. The maximum Gasteiger partial charge on any atom is 0.278 e. The molecule has 2 aromatic heterocycles. The van der Waals surface area contributed by atoms with Gasteiger partial charge < -0.3 is 14.6 Å². The van der Waals surface area contributed by atoms with Gasteiger partial charge in [-0.3, -0.25) is 9.48 Å². The monoisotopic (exact) mass is 502 g/mol. The van der Waals surface area contributed by atoms with Crippen molar-refractivity contribution in [3.8, 4) is 5.75 Å². The second kappa shape index (κ2) is 9.87. The van der Waals surface area contributed by atoms with Gasteiger partial charge in [-0.1, -0.05) is 40.5 Å². The highest BCUT2D eigenvalue weighted by atomic mass is 35.5. The first-order chi connectivity index (χ1) is 16.2. The maximum atomic E-state index is 13.4. The van der Waals surface area contributed by atoms with Gasteiger partial charge in [0.05, 0.1) is 29.2 Å². The van der Waals surface area contributed by atoms with Crippen LogP contribution in [0.5, 0.6) is 5.75 Å². The number of hydrogen-bond acceptors (Lipinski definition) is 5. The van der Waals surface area contributed by atoms with Gasteiger partial charge in [0, 0.05) is 10.0 Å². The number of benzene rings is 2. The number of aryl methyl sites for hydroxylation is 2. The Morgan fingerprint density at radius 1 is 1.18 bits per heavy atom. The van der Waals surface area contributed by atoms with E-state index in [9.17, 15) is 9.18 Å². The zero-order valence-corrected chi connectivity index (χ0v) is 20.2. The van der Waals surface area contributed by atoms with Crippen molar-refractivity contribution in [2.24, 2.45) is 0 Å². The van der Waals surface area contributed by atoms with Gasteiger partial charge in [-0.25, -0.2) is 4.39 Å². The van der Waals surface area contributed by atoms with Gasteiger partial charge in [-0.15, -0.1) is 0 Å². The van der Waals surface area contributed by atoms with Gasteiger partial charge in [-0.2, -0.15) is 5.10 Å². The summed E-state index contributed by atoms with van der Waals surface area (Å²) in [7, 11) is 0. The number of nitrogens with zero attached hydrogens (tertiary/aromatic N) is 3. The van der Waals surface area contributed by atoms with Crippen LogP contribution in [-0.2, 0) is 13.2 Å².